The lowest BCUT2D eigenvalue weighted by Gasteiger charge is -2.36. The molecule has 0 saturated carbocycles. The molecule has 2 heterocycles. The van der Waals surface area contributed by atoms with Crippen molar-refractivity contribution >= 4 is 41.7 Å². The Morgan fingerprint density at radius 1 is 1.38 bits per heavy atom. The van der Waals surface area contributed by atoms with E-state index in [-0.39, 0.29) is 24.0 Å². The quantitative estimate of drug-likeness (QED) is 0.424. The predicted molar refractivity (Wildman–Crippen MR) is 111 cm³/mol. The number of thioether (sulfide) groups is 1. The summed E-state index contributed by atoms with van der Waals surface area (Å²) in [5.74, 6) is 4.48. The summed E-state index contributed by atoms with van der Waals surface area (Å²) in [6.07, 6.45) is 0. The minimum Gasteiger partial charge on any atom is -0.454 e. The van der Waals surface area contributed by atoms with Crippen LogP contribution >= 0.6 is 35.7 Å². The van der Waals surface area contributed by atoms with E-state index in [2.05, 4.69) is 46.9 Å². The van der Waals surface area contributed by atoms with Gasteiger partial charge in [0.1, 0.15) is 0 Å². The fourth-order valence-corrected chi connectivity index (χ4v) is 4.13. The third kappa shape index (κ3) is 4.62. The van der Waals surface area contributed by atoms with Gasteiger partial charge < -0.3 is 19.7 Å². The van der Waals surface area contributed by atoms with E-state index >= 15 is 0 Å². The zero-order chi connectivity index (χ0) is 16.2. The predicted octanol–water partition coefficient (Wildman–Crippen LogP) is 3.18. The summed E-state index contributed by atoms with van der Waals surface area (Å²) in [5.41, 5.74) is 1.17. The van der Waals surface area contributed by atoms with Crippen LogP contribution in [0.4, 0.5) is 0 Å². The fourth-order valence-electron chi connectivity index (χ4n) is 2.84. The third-order valence-corrected chi connectivity index (χ3v) is 5.78. The highest BCUT2D eigenvalue weighted by Crippen LogP contribution is 2.32. The molecule has 1 atom stereocenters. The van der Waals surface area contributed by atoms with Crippen molar-refractivity contribution in [1.29, 1.82) is 0 Å². The Morgan fingerprint density at radius 3 is 2.92 bits per heavy atom. The van der Waals surface area contributed by atoms with Gasteiger partial charge in [-0.25, -0.2) is 0 Å². The Kier molecular flexibility index (Phi) is 7.34. The third-order valence-electron chi connectivity index (χ3n) is 4.24. The van der Waals surface area contributed by atoms with Crippen LogP contribution in [0.15, 0.2) is 23.2 Å². The van der Waals surface area contributed by atoms with Crippen LogP contribution in [0.2, 0.25) is 0 Å². The molecule has 2 aliphatic heterocycles. The summed E-state index contributed by atoms with van der Waals surface area (Å²) in [6, 6.07) is 6.07. The van der Waals surface area contributed by atoms with Crippen molar-refractivity contribution in [2.45, 2.75) is 25.6 Å². The topological polar surface area (TPSA) is 46.1 Å². The Labute approximate surface area is 165 Å². The average molecular weight is 463 g/mol. The van der Waals surface area contributed by atoms with E-state index in [1.165, 1.54) is 5.56 Å². The molecule has 0 amide bonds. The van der Waals surface area contributed by atoms with Crippen molar-refractivity contribution in [3.63, 3.8) is 0 Å². The molecule has 0 aromatic heterocycles. The maximum atomic E-state index is 5.44. The lowest BCUT2D eigenvalue weighted by atomic mass is 10.1. The average Bonchev–Trinajstić information content (AvgIpc) is 3.03. The molecular formula is C17H26IN3O2S. The van der Waals surface area contributed by atoms with Gasteiger partial charge in [0, 0.05) is 37.7 Å². The molecule has 2 aliphatic rings. The molecule has 24 heavy (non-hydrogen) atoms. The number of guanidine groups is 1. The first-order chi connectivity index (χ1) is 11.2. The standard InChI is InChI=1S/C17H25N3O2S.HI/c1-12(2)16-10-20(6-7-23-16)17(18-3)19-9-13-4-5-14-15(8-13)22-11-21-14;/h4-5,8,12,16H,6-7,9-11H2,1-3H3,(H,18,19);1H. The Bertz CT molecular complexity index is 583. The number of aliphatic imine (C=N–C) groups is 1. The molecule has 1 fully saturated rings. The van der Waals surface area contributed by atoms with Crippen LogP contribution in [0.25, 0.3) is 0 Å². The summed E-state index contributed by atoms with van der Waals surface area (Å²) < 4.78 is 10.8. The van der Waals surface area contributed by atoms with Crippen LogP contribution in [0, 0.1) is 5.92 Å². The second kappa shape index (κ2) is 9.03. The van der Waals surface area contributed by atoms with Crippen LogP contribution in [0.3, 0.4) is 0 Å². The summed E-state index contributed by atoms with van der Waals surface area (Å²) >= 11 is 2.08. The van der Waals surface area contributed by atoms with Crippen LogP contribution in [-0.4, -0.2) is 48.8 Å². The number of ether oxygens (including phenoxy) is 2. The van der Waals surface area contributed by atoms with Gasteiger partial charge in [0.15, 0.2) is 17.5 Å². The Balaban J connectivity index is 0.00000208. The van der Waals surface area contributed by atoms with Crippen molar-refractivity contribution in [2.75, 3.05) is 32.7 Å². The first kappa shape index (κ1) is 19.5. The van der Waals surface area contributed by atoms with Crippen molar-refractivity contribution < 1.29 is 9.47 Å². The zero-order valence-corrected chi connectivity index (χ0v) is 17.6. The minimum atomic E-state index is 0. The number of nitrogens with zero attached hydrogens (tertiary/aromatic N) is 2. The van der Waals surface area contributed by atoms with Gasteiger partial charge in [0.25, 0.3) is 0 Å². The van der Waals surface area contributed by atoms with E-state index in [1.54, 1.807) is 0 Å². The van der Waals surface area contributed by atoms with E-state index in [0.29, 0.717) is 18.0 Å². The lowest BCUT2D eigenvalue weighted by molar-refractivity contribution is 0.174. The lowest BCUT2D eigenvalue weighted by Crippen LogP contribution is -2.48. The fraction of sp³-hybridized carbons (Fsp3) is 0.588. The SMILES string of the molecule is CN=C(NCc1ccc2c(c1)OCO2)N1CCSC(C(C)C)C1.I. The monoisotopic (exact) mass is 463 g/mol. The van der Waals surface area contributed by atoms with Crippen LogP contribution in [-0.2, 0) is 6.54 Å². The highest BCUT2D eigenvalue weighted by molar-refractivity contribution is 14.0. The number of halogens is 1. The smallest absolute Gasteiger partial charge is 0.231 e. The molecule has 0 bridgehead atoms. The minimum absolute atomic E-state index is 0. The maximum absolute atomic E-state index is 5.44. The van der Waals surface area contributed by atoms with Crippen molar-refractivity contribution in [3.8, 4) is 11.5 Å². The largest absolute Gasteiger partial charge is 0.454 e. The summed E-state index contributed by atoms with van der Waals surface area (Å²) in [4.78, 5) is 6.83. The second-order valence-electron chi connectivity index (χ2n) is 6.19. The Hall–Kier alpha value is -0.830. The number of nitrogens with one attached hydrogen (secondary N) is 1. The molecule has 1 aromatic rings. The van der Waals surface area contributed by atoms with Gasteiger partial charge in [0.2, 0.25) is 6.79 Å². The van der Waals surface area contributed by atoms with Gasteiger partial charge in [-0.1, -0.05) is 19.9 Å². The summed E-state index contributed by atoms with van der Waals surface area (Å²) in [7, 11) is 1.86. The molecule has 1 aromatic carbocycles. The van der Waals surface area contributed by atoms with Crippen LogP contribution in [0.5, 0.6) is 11.5 Å². The van der Waals surface area contributed by atoms with E-state index < -0.39 is 0 Å². The number of hydrogen-bond donors (Lipinski definition) is 1. The van der Waals surface area contributed by atoms with Crippen LogP contribution in [0.1, 0.15) is 19.4 Å². The highest BCUT2D eigenvalue weighted by atomic mass is 127. The van der Waals surface area contributed by atoms with E-state index in [9.17, 15) is 0 Å². The number of hydrogen-bond acceptors (Lipinski definition) is 4. The van der Waals surface area contributed by atoms with Crippen molar-refractivity contribution in [2.24, 2.45) is 10.9 Å². The highest BCUT2D eigenvalue weighted by Gasteiger charge is 2.24. The maximum Gasteiger partial charge on any atom is 0.231 e. The molecule has 3 rings (SSSR count). The number of benzene rings is 1. The van der Waals surface area contributed by atoms with E-state index in [4.69, 9.17) is 9.47 Å². The van der Waals surface area contributed by atoms with Gasteiger partial charge >= 0.3 is 0 Å². The van der Waals surface area contributed by atoms with Gasteiger partial charge in [-0.2, -0.15) is 11.8 Å². The molecule has 0 radical (unpaired) electrons. The Morgan fingerprint density at radius 2 is 2.17 bits per heavy atom. The zero-order valence-electron chi connectivity index (χ0n) is 14.4. The normalized spacial score (nSPS) is 20.1. The number of rotatable bonds is 3. The van der Waals surface area contributed by atoms with E-state index in [1.807, 2.05) is 19.2 Å². The second-order valence-corrected chi connectivity index (χ2v) is 7.53. The molecule has 1 saturated heterocycles. The number of fused-ring (bicyclic) bond motifs is 1. The van der Waals surface area contributed by atoms with E-state index in [0.717, 1.165) is 42.8 Å². The van der Waals surface area contributed by atoms with Crippen LogP contribution < -0.4 is 14.8 Å². The molecule has 1 N–H and O–H groups in total. The van der Waals surface area contributed by atoms with Gasteiger partial charge in [-0.3, -0.25) is 4.99 Å². The van der Waals surface area contributed by atoms with Gasteiger partial charge in [-0.05, 0) is 23.6 Å². The summed E-state index contributed by atoms with van der Waals surface area (Å²) in [6.45, 7) is 7.75. The van der Waals surface area contributed by atoms with Gasteiger partial charge in [-0.15, -0.1) is 24.0 Å². The van der Waals surface area contributed by atoms with Gasteiger partial charge in [0.05, 0.1) is 0 Å². The first-order valence-corrected chi connectivity index (χ1v) is 9.18. The van der Waals surface area contributed by atoms with Crippen molar-refractivity contribution in [3.05, 3.63) is 23.8 Å². The summed E-state index contributed by atoms with van der Waals surface area (Å²) in [5, 5.41) is 4.15. The first-order valence-electron chi connectivity index (χ1n) is 8.13. The molecule has 1 unspecified atom stereocenters. The molecule has 134 valence electrons. The molecule has 7 heteroatoms. The molecule has 0 aliphatic carbocycles. The molecule has 5 nitrogen and oxygen atoms in total. The molecular weight excluding hydrogens is 437 g/mol. The molecule has 0 spiro atoms. The van der Waals surface area contributed by atoms with Crippen molar-refractivity contribution in [1.82, 2.24) is 10.2 Å².